The van der Waals surface area contributed by atoms with Crippen molar-refractivity contribution in [2.45, 2.75) is 27.7 Å². The van der Waals surface area contributed by atoms with Crippen molar-refractivity contribution >= 4 is 17.2 Å². The molecule has 2 rings (SSSR count). The number of nitrogens with one attached hydrogen (secondary N) is 1. The lowest BCUT2D eigenvalue weighted by Gasteiger charge is -1.89. The second-order valence-electron chi connectivity index (χ2n) is 2.55. The molecule has 0 atom stereocenters. The van der Waals surface area contributed by atoms with Crippen molar-refractivity contribution < 1.29 is 9.18 Å². The molecule has 0 amide bonds. The number of carbonyl (C=O) groups is 1. The first-order valence-electron chi connectivity index (χ1n) is 5.53. The molecule has 0 saturated heterocycles. The monoisotopic (exact) mass is 223 g/mol. The summed E-state index contributed by atoms with van der Waals surface area (Å²) in [6, 6.07) is 4.31. The molecule has 0 unspecified atom stereocenters. The highest BCUT2D eigenvalue weighted by atomic mass is 19.1. The Hall–Kier alpha value is -1.64. The van der Waals surface area contributed by atoms with E-state index in [1.54, 1.807) is 12.3 Å². The molecule has 1 heterocycles. The van der Waals surface area contributed by atoms with Crippen LogP contribution in [0, 0.1) is 5.82 Å². The summed E-state index contributed by atoms with van der Waals surface area (Å²) in [6.07, 6.45) is 2.27. The van der Waals surface area contributed by atoms with E-state index in [0.29, 0.717) is 17.2 Å². The van der Waals surface area contributed by atoms with Crippen molar-refractivity contribution in [2.75, 3.05) is 0 Å². The molecule has 0 spiro atoms. The highest BCUT2D eigenvalue weighted by molar-refractivity contribution is 5.97. The molecule has 0 bridgehead atoms. The average Bonchev–Trinajstić information content (AvgIpc) is 2.76. The van der Waals surface area contributed by atoms with E-state index >= 15 is 0 Å². The van der Waals surface area contributed by atoms with Crippen LogP contribution in [-0.4, -0.2) is 11.3 Å². The molecule has 0 saturated carbocycles. The van der Waals surface area contributed by atoms with Crippen LogP contribution in [0.1, 0.15) is 38.1 Å². The highest BCUT2D eigenvalue weighted by Gasteiger charge is 2.02. The zero-order valence-corrected chi connectivity index (χ0v) is 10.2. The van der Waals surface area contributed by atoms with Crippen molar-refractivity contribution in [3.8, 4) is 0 Å². The molecule has 0 aliphatic heterocycles. The van der Waals surface area contributed by atoms with Crippen molar-refractivity contribution in [1.82, 2.24) is 4.98 Å². The highest BCUT2D eigenvalue weighted by Crippen LogP contribution is 2.17. The van der Waals surface area contributed by atoms with Gasteiger partial charge in [0, 0.05) is 22.7 Å². The summed E-state index contributed by atoms with van der Waals surface area (Å²) in [5, 5.41) is 0.630. The van der Waals surface area contributed by atoms with E-state index < -0.39 is 0 Å². The Kier molecular flexibility index (Phi) is 6.84. The second-order valence-corrected chi connectivity index (χ2v) is 2.55. The lowest BCUT2D eigenvalue weighted by molar-refractivity contribution is 0.112. The maximum atomic E-state index is 12.7. The van der Waals surface area contributed by atoms with Crippen LogP contribution in [0.25, 0.3) is 10.9 Å². The number of hydrogen-bond acceptors (Lipinski definition) is 1. The molecule has 1 N–H and O–H groups in total. The van der Waals surface area contributed by atoms with Crippen molar-refractivity contribution in [3.05, 3.63) is 35.8 Å². The van der Waals surface area contributed by atoms with E-state index in [4.69, 9.17) is 0 Å². The summed E-state index contributed by atoms with van der Waals surface area (Å²) in [4.78, 5) is 13.3. The first kappa shape index (κ1) is 14.4. The topological polar surface area (TPSA) is 32.9 Å². The summed E-state index contributed by atoms with van der Waals surface area (Å²) >= 11 is 0. The van der Waals surface area contributed by atoms with Gasteiger partial charge < -0.3 is 4.98 Å². The maximum Gasteiger partial charge on any atom is 0.152 e. The quantitative estimate of drug-likeness (QED) is 0.723. The third-order valence-corrected chi connectivity index (χ3v) is 1.80. The molecular formula is C13H18FNO. The minimum absolute atomic E-state index is 0.329. The number of H-pyrrole nitrogens is 1. The molecule has 1 aromatic carbocycles. The minimum Gasteiger partial charge on any atom is -0.360 e. The smallest absolute Gasteiger partial charge is 0.152 e. The lowest BCUT2D eigenvalue weighted by atomic mass is 10.2. The van der Waals surface area contributed by atoms with Gasteiger partial charge in [0.2, 0.25) is 0 Å². The number of carbonyl (C=O) groups excluding carboxylic acids is 1. The molecule has 0 aliphatic carbocycles. The summed E-state index contributed by atoms with van der Waals surface area (Å²) < 4.78 is 12.7. The number of aromatic amines is 1. The summed E-state index contributed by atoms with van der Waals surface area (Å²) in [7, 11) is 0. The van der Waals surface area contributed by atoms with Crippen molar-refractivity contribution in [1.29, 1.82) is 0 Å². The molecule has 2 aromatic rings. The molecule has 0 aliphatic rings. The molecule has 0 radical (unpaired) electrons. The number of benzene rings is 1. The van der Waals surface area contributed by atoms with Crippen molar-refractivity contribution in [2.24, 2.45) is 0 Å². The summed E-state index contributed by atoms with van der Waals surface area (Å²) in [6.45, 7) is 8.00. The van der Waals surface area contributed by atoms with Gasteiger partial charge in [-0.05, 0) is 18.2 Å². The van der Waals surface area contributed by atoms with Gasteiger partial charge >= 0.3 is 0 Å². The molecule has 1 aromatic heterocycles. The Bertz CT molecular complexity index is 434. The van der Waals surface area contributed by atoms with E-state index in [1.165, 1.54) is 12.1 Å². The predicted molar refractivity (Wildman–Crippen MR) is 66.3 cm³/mol. The van der Waals surface area contributed by atoms with Crippen LogP contribution in [0.5, 0.6) is 0 Å². The SMILES string of the molecule is CC.CC.O=Cc1c[nH]c2ccc(F)cc12. The van der Waals surface area contributed by atoms with Crippen LogP contribution >= 0.6 is 0 Å². The maximum absolute atomic E-state index is 12.7. The van der Waals surface area contributed by atoms with Crippen LogP contribution in [0.3, 0.4) is 0 Å². The second kappa shape index (κ2) is 7.63. The Balaban J connectivity index is 0.000000509. The van der Waals surface area contributed by atoms with Crippen LogP contribution in [0.4, 0.5) is 4.39 Å². The van der Waals surface area contributed by atoms with Gasteiger partial charge in [0.1, 0.15) is 5.82 Å². The number of aromatic nitrogens is 1. The Morgan fingerprint density at radius 3 is 2.38 bits per heavy atom. The molecule has 88 valence electrons. The number of aldehydes is 1. The van der Waals surface area contributed by atoms with E-state index in [0.717, 1.165) is 5.52 Å². The van der Waals surface area contributed by atoms with Crippen LogP contribution in [-0.2, 0) is 0 Å². The van der Waals surface area contributed by atoms with Crippen LogP contribution < -0.4 is 0 Å². The van der Waals surface area contributed by atoms with E-state index in [1.807, 2.05) is 27.7 Å². The van der Waals surface area contributed by atoms with Crippen LogP contribution in [0.2, 0.25) is 0 Å². The van der Waals surface area contributed by atoms with Crippen molar-refractivity contribution in [3.63, 3.8) is 0 Å². The Morgan fingerprint density at radius 1 is 1.19 bits per heavy atom. The summed E-state index contributed by atoms with van der Waals surface area (Å²) in [5.41, 5.74) is 1.27. The third kappa shape index (κ3) is 3.19. The van der Waals surface area contributed by atoms with Gasteiger partial charge in [-0.1, -0.05) is 27.7 Å². The van der Waals surface area contributed by atoms with Gasteiger partial charge in [-0.15, -0.1) is 0 Å². The van der Waals surface area contributed by atoms with Gasteiger partial charge in [-0.2, -0.15) is 0 Å². The zero-order valence-electron chi connectivity index (χ0n) is 10.2. The molecular weight excluding hydrogens is 205 g/mol. The van der Waals surface area contributed by atoms with Gasteiger partial charge in [0.05, 0.1) is 0 Å². The largest absolute Gasteiger partial charge is 0.360 e. The Labute approximate surface area is 95.5 Å². The van der Waals surface area contributed by atoms with Gasteiger partial charge in [0.15, 0.2) is 6.29 Å². The molecule has 0 fully saturated rings. The predicted octanol–water partition coefficient (Wildman–Crippen LogP) is 4.17. The fourth-order valence-electron chi connectivity index (χ4n) is 1.21. The lowest BCUT2D eigenvalue weighted by Crippen LogP contribution is -1.76. The number of hydrogen-bond donors (Lipinski definition) is 1. The first-order chi connectivity index (χ1) is 7.81. The standard InChI is InChI=1S/C9H6FNO.2C2H6/c10-7-1-2-9-8(3-7)6(5-12)4-11-9;2*1-2/h1-5,11H;2*1-2H3. The minimum atomic E-state index is -0.329. The van der Waals surface area contributed by atoms with E-state index in [2.05, 4.69) is 4.98 Å². The van der Waals surface area contributed by atoms with Crippen LogP contribution in [0.15, 0.2) is 24.4 Å². The van der Waals surface area contributed by atoms with Gasteiger partial charge in [0.25, 0.3) is 0 Å². The normalized spacial score (nSPS) is 8.56. The molecule has 2 nitrogen and oxygen atoms in total. The molecule has 16 heavy (non-hydrogen) atoms. The van der Waals surface area contributed by atoms with Gasteiger partial charge in [-0.25, -0.2) is 4.39 Å². The summed E-state index contributed by atoms with van der Waals surface area (Å²) in [5.74, 6) is -0.329. The molecule has 3 heteroatoms. The first-order valence-corrected chi connectivity index (χ1v) is 5.53. The number of rotatable bonds is 1. The fraction of sp³-hybridized carbons (Fsp3) is 0.308. The zero-order chi connectivity index (χ0) is 12.6. The average molecular weight is 223 g/mol. The fourth-order valence-corrected chi connectivity index (χ4v) is 1.21. The van der Waals surface area contributed by atoms with E-state index in [-0.39, 0.29) is 5.82 Å². The third-order valence-electron chi connectivity index (χ3n) is 1.80. The van der Waals surface area contributed by atoms with E-state index in [9.17, 15) is 9.18 Å². The Morgan fingerprint density at radius 2 is 1.81 bits per heavy atom. The van der Waals surface area contributed by atoms with Gasteiger partial charge in [-0.3, -0.25) is 4.79 Å². The number of fused-ring (bicyclic) bond motifs is 1. The number of halogens is 1.